The van der Waals surface area contributed by atoms with Gasteiger partial charge in [0, 0.05) is 23.7 Å². The first kappa shape index (κ1) is 34.8. The summed E-state index contributed by atoms with van der Waals surface area (Å²) in [5.74, 6) is -3.39. The lowest BCUT2D eigenvalue weighted by Gasteiger charge is -2.49. The molecule has 0 heterocycles. The van der Waals surface area contributed by atoms with Crippen LogP contribution < -0.4 is 0 Å². The third kappa shape index (κ3) is 5.21. The Morgan fingerprint density at radius 3 is 2.27 bits per heavy atom. The van der Waals surface area contributed by atoms with Crippen molar-refractivity contribution in [1.82, 2.24) is 0 Å². The highest BCUT2D eigenvalue weighted by molar-refractivity contribution is 5.96. The molecule has 4 rings (SSSR count). The number of Topliss-reactive ketones (excluding diaryl/α,β-unsaturated/α-hetero) is 1. The van der Waals surface area contributed by atoms with Gasteiger partial charge in [0.2, 0.25) is 0 Å². The summed E-state index contributed by atoms with van der Waals surface area (Å²) < 4.78 is 12.3. The molecule has 8 nitrogen and oxygen atoms in total. The van der Waals surface area contributed by atoms with Gasteiger partial charge in [0.25, 0.3) is 0 Å². The van der Waals surface area contributed by atoms with Gasteiger partial charge in [-0.05, 0) is 42.7 Å². The topological polar surface area (TPSA) is 130 Å². The summed E-state index contributed by atoms with van der Waals surface area (Å²) in [6.45, 7) is 14.7. The van der Waals surface area contributed by atoms with Crippen molar-refractivity contribution in [3.05, 3.63) is 23.3 Å². The Labute approximate surface area is 263 Å². The maximum Gasteiger partial charge on any atom is 0.309 e. The molecule has 0 saturated heterocycles. The van der Waals surface area contributed by atoms with Gasteiger partial charge in [0.15, 0.2) is 17.5 Å². The zero-order chi connectivity index (χ0) is 32.8. The second kappa shape index (κ2) is 12.6. The summed E-state index contributed by atoms with van der Waals surface area (Å²) in [7, 11) is 0. The number of fused-ring (bicyclic) bond motifs is 3. The average Bonchev–Trinajstić information content (AvgIpc) is 3.36. The maximum absolute atomic E-state index is 14.8. The third-order valence-electron chi connectivity index (χ3n) is 11.9. The van der Waals surface area contributed by atoms with Crippen molar-refractivity contribution >= 4 is 17.7 Å². The van der Waals surface area contributed by atoms with Crippen molar-refractivity contribution in [3.8, 4) is 0 Å². The van der Waals surface area contributed by atoms with Gasteiger partial charge in [0.1, 0.15) is 11.7 Å². The molecule has 0 amide bonds. The van der Waals surface area contributed by atoms with Crippen LogP contribution in [0.5, 0.6) is 0 Å². The largest absolute Gasteiger partial charge is 0.458 e. The van der Waals surface area contributed by atoms with Crippen LogP contribution in [0.3, 0.4) is 0 Å². The van der Waals surface area contributed by atoms with Crippen LogP contribution >= 0.6 is 0 Å². The number of carbonyl (C=O) groups excluding carboxylic acids is 3. The van der Waals surface area contributed by atoms with Crippen molar-refractivity contribution in [1.29, 1.82) is 0 Å². The van der Waals surface area contributed by atoms with E-state index in [0.29, 0.717) is 18.4 Å². The number of ether oxygens (including phenoxy) is 2. The van der Waals surface area contributed by atoms with E-state index in [2.05, 4.69) is 6.92 Å². The number of esters is 2. The Morgan fingerprint density at radius 2 is 1.68 bits per heavy atom. The summed E-state index contributed by atoms with van der Waals surface area (Å²) >= 11 is 0. The van der Waals surface area contributed by atoms with E-state index in [9.17, 15) is 29.7 Å². The molecule has 4 aliphatic rings. The molecular weight excluding hydrogens is 560 g/mol. The van der Waals surface area contributed by atoms with Gasteiger partial charge < -0.3 is 24.8 Å². The second-order valence-corrected chi connectivity index (χ2v) is 15.2. The van der Waals surface area contributed by atoms with E-state index in [4.69, 9.17) is 9.47 Å². The molecule has 0 aliphatic heterocycles. The Balaban J connectivity index is 1.68. The van der Waals surface area contributed by atoms with E-state index >= 15 is 0 Å². The van der Waals surface area contributed by atoms with Gasteiger partial charge in [-0.25, -0.2) is 0 Å². The first-order chi connectivity index (χ1) is 20.6. The van der Waals surface area contributed by atoms with E-state index in [1.54, 1.807) is 26.0 Å². The number of aliphatic hydroxyl groups excluding tert-OH is 2. The van der Waals surface area contributed by atoms with Gasteiger partial charge in [-0.1, -0.05) is 99.1 Å². The standard InChI is InChI=1S/C36H56O8/c1-9-10-11-12-13-14-15-16-27(38)44-35-19-23(5)34-18-22(4)31(43-32(41)24(6)21(2)3)36(34,42)29(39)25(20-37)17-26(30(34)40)28(35)33(35,7)8/h17-18,21,23-24,26,28-29,31,37,39,42H,9-16,19-20H2,1-8H3/t23?,24?,26-,28+,29+,31-,34?,35-,36-/m0/s1. The van der Waals surface area contributed by atoms with Crippen LogP contribution in [0, 0.1) is 40.4 Å². The maximum atomic E-state index is 14.8. The zero-order valence-electron chi connectivity index (χ0n) is 28.2. The number of hydrogen-bond donors (Lipinski definition) is 3. The normalized spacial score (nSPS) is 37.6. The van der Waals surface area contributed by atoms with Crippen molar-refractivity contribution in [2.24, 2.45) is 40.4 Å². The third-order valence-corrected chi connectivity index (χ3v) is 11.9. The van der Waals surface area contributed by atoms with Crippen molar-refractivity contribution in [3.63, 3.8) is 0 Å². The van der Waals surface area contributed by atoms with Gasteiger partial charge >= 0.3 is 11.9 Å². The molecule has 8 heteroatoms. The molecule has 3 N–H and O–H groups in total. The SMILES string of the molecule is CCCCCCCCCC(=O)O[C@@]12CC(C)C34C=C(C)[C@H](OC(=O)C(C)C(C)C)[C@@]3(O)[C@H](O)C(CO)=C[C@H](C4=O)[C@@H]1C2(C)C. The fourth-order valence-electron chi connectivity index (χ4n) is 8.87. The number of ketones is 1. The summed E-state index contributed by atoms with van der Waals surface area (Å²) in [4.78, 5) is 41.3. The molecule has 1 spiro atoms. The number of aliphatic hydroxyl groups is 3. The van der Waals surface area contributed by atoms with Crippen LogP contribution in [-0.4, -0.2) is 63.1 Å². The van der Waals surface area contributed by atoms with E-state index < -0.39 is 70.5 Å². The van der Waals surface area contributed by atoms with Crippen LogP contribution in [-0.2, 0) is 23.9 Å². The Bertz CT molecular complexity index is 1180. The lowest BCUT2D eigenvalue weighted by Crippen LogP contribution is -2.66. The summed E-state index contributed by atoms with van der Waals surface area (Å²) in [6.07, 6.45) is 8.55. The molecule has 4 aliphatic carbocycles. The van der Waals surface area contributed by atoms with E-state index in [1.165, 1.54) is 25.7 Å². The Kier molecular flexibility index (Phi) is 10.0. The van der Waals surface area contributed by atoms with E-state index in [1.807, 2.05) is 34.6 Å². The van der Waals surface area contributed by atoms with Gasteiger partial charge in [0.05, 0.1) is 17.9 Å². The molecule has 2 bridgehead atoms. The molecule has 0 aromatic heterocycles. The van der Waals surface area contributed by atoms with E-state index in [-0.39, 0.29) is 23.2 Å². The number of allylic oxidation sites excluding steroid dienone is 1. The average molecular weight is 617 g/mol. The van der Waals surface area contributed by atoms with E-state index in [0.717, 1.165) is 19.3 Å². The van der Waals surface area contributed by atoms with Crippen LogP contribution in [0.15, 0.2) is 23.3 Å². The summed E-state index contributed by atoms with van der Waals surface area (Å²) in [5, 5.41) is 34.9. The Hall–Kier alpha value is -2.03. The molecule has 2 saturated carbocycles. The molecule has 248 valence electrons. The van der Waals surface area contributed by atoms with Crippen LogP contribution in [0.1, 0.15) is 113 Å². The minimum Gasteiger partial charge on any atom is -0.458 e. The molecule has 0 radical (unpaired) electrons. The molecule has 0 aromatic rings. The monoisotopic (exact) mass is 616 g/mol. The van der Waals surface area contributed by atoms with Crippen molar-refractivity contribution in [2.75, 3.05) is 6.61 Å². The predicted molar refractivity (Wildman–Crippen MR) is 167 cm³/mol. The highest BCUT2D eigenvalue weighted by atomic mass is 16.6. The van der Waals surface area contributed by atoms with Gasteiger partial charge in [-0.2, -0.15) is 0 Å². The lowest BCUT2D eigenvalue weighted by molar-refractivity contribution is -0.206. The molecule has 9 atom stereocenters. The highest BCUT2D eigenvalue weighted by Gasteiger charge is 2.83. The van der Waals surface area contributed by atoms with Gasteiger partial charge in [-0.3, -0.25) is 14.4 Å². The number of carbonyl (C=O) groups is 3. The first-order valence-electron chi connectivity index (χ1n) is 17.0. The number of unbranched alkanes of at least 4 members (excludes halogenated alkanes) is 6. The number of rotatable bonds is 13. The molecular formula is C36H56O8. The minimum absolute atomic E-state index is 0.0171. The number of hydrogen-bond acceptors (Lipinski definition) is 8. The Morgan fingerprint density at radius 1 is 1.07 bits per heavy atom. The first-order valence-corrected chi connectivity index (χ1v) is 17.0. The zero-order valence-corrected chi connectivity index (χ0v) is 28.2. The lowest BCUT2D eigenvalue weighted by atomic mass is 9.59. The van der Waals surface area contributed by atoms with Gasteiger partial charge in [-0.15, -0.1) is 0 Å². The highest BCUT2D eigenvalue weighted by Crippen LogP contribution is 2.75. The summed E-state index contributed by atoms with van der Waals surface area (Å²) in [5.41, 5.74) is -4.77. The summed E-state index contributed by atoms with van der Waals surface area (Å²) in [6, 6.07) is 0. The fourth-order valence-corrected chi connectivity index (χ4v) is 8.87. The second-order valence-electron chi connectivity index (χ2n) is 15.2. The van der Waals surface area contributed by atoms with Crippen molar-refractivity contribution < 1.29 is 39.2 Å². The van der Waals surface area contributed by atoms with Crippen LogP contribution in [0.2, 0.25) is 0 Å². The van der Waals surface area contributed by atoms with Crippen LogP contribution in [0.4, 0.5) is 0 Å². The van der Waals surface area contributed by atoms with Crippen LogP contribution in [0.25, 0.3) is 0 Å². The smallest absolute Gasteiger partial charge is 0.309 e. The molecule has 3 unspecified atom stereocenters. The fraction of sp³-hybridized carbons (Fsp3) is 0.806. The van der Waals surface area contributed by atoms with Crippen molar-refractivity contribution in [2.45, 2.75) is 137 Å². The molecule has 0 aromatic carbocycles. The molecule has 2 fully saturated rings. The quantitative estimate of drug-likeness (QED) is 0.141. The molecule has 44 heavy (non-hydrogen) atoms. The predicted octanol–water partition coefficient (Wildman–Crippen LogP) is 5.46. The minimum atomic E-state index is -2.24.